The van der Waals surface area contributed by atoms with Gasteiger partial charge in [0.25, 0.3) is 0 Å². The van der Waals surface area contributed by atoms with E-state index in [2.05, 4.69) is 12.1 Å². The van der Waals surface area contributed by atoms with E-state index in [0.717, 1.165) is 6.42 Å². The standard InChI is InChI=1S/C7H14ClNO/c1-2-3-4-5-6-7(8)9-10/h10H,2-6H2,1H3/b9-7-. The van der Waals surface area contributed by atoms with E-state index in [4.69, 9.17) is 16.8 Å². The van der Waals surface area contributed by atoms with Crippen molar-refractivity contribution in [1.82, 2.24) is 0 Å². The maximum absolute atomic E-state index is 8.15. The van der Waals surface area contributed by atoms with E-state index >= 15 is 0 Å². The summed E-state index contributed by atoms with van der Waals surface area (Å²) in [6, 6.07) is 0. The third kappa shape index (κ3) is 5.89. The molecule has 10 heavy (non-hydrogen) atoms. The van der Waals surface area contributed by atoms with E-state index < -0.39 is 0 Å². The lowest BCUT2D eigenvalue weighted by Crippen LogP contribution is -1.86. The summed E-state index contributed by atoms with van der Waals surface area (Å²) in [6.07, 6.45) is 5.35. The van der Waals surface area contributed by atoms with Gasteiger partial charge >= 0.3 is 0 Å². The fourth-order valence-corrected chi connectivity index (χ4v) is 0.881. The van der Waals surface area contributed by atoms with Crippen molar-refractivity contribution in [3.8, 4) is 0 Å². The van der Waals surface area contributed by atoms with Gasteiger partial charge in [-0.15, -0.1) is 0 Å². The van der Waals surface area contributed by atoms with Gasteiger partial charge in [0, 0.05) is 6.42 Å². The van der Waals surface area contributed by atoms with Gasteiger partial charge in [0.2, 0.25) is 0 Å². The number of halogens is 1. The van der Waals surface area contributed by atoms with Crippen molar-refractivity contribution in [3.05, 3.63) is 0 Å². The number of hydrogen-bond acceptors (Lipinski definition) is 2. The Labute approximate surface area is 66.9 Å². The molecule has 0 bridgehead atoms. The van der Waals surface area contributed by atoms with Crippen molar-refractivity contribution in [2.45, 2.75) is 39.0 Å². The predicted octanol–water partition coefficient (Wildman–Crippen LogP) is 2.98. The minimum atomic E-state index is 0.316. The number of rotatable bonds is 5. The van der Waals surface area contributed by atoms with Crippen LogP contribution < -0.4 is 0 Å². The van der Waals surface area contributed by atoms with E-state index in [1.807, 2.05) is 0 Å². The molecule has 3 heteroatoms. The lowest BCUT2D eigenvalue weighted by Gasteiger charge is -1.95. The van der Waals surface area contributed by atoms with Gasteiger partial charge in [-0.25, -0.2) is 0 Å². The van der Waals surface area contributed by atoms with Crippen LogP contribution in [0.1, 0.15) is 39.0 Å². The maximum Gasteiger partial charge on any atom is 0.145 e. The zero-order valence-corrected chi connectivity index (χ0v) is 7.06. The topological polar surface area (TPSA) is 32.6 Å². The van der Waals surface area contributed by atoms with Crippen LogP contribution in [0.2, 0.25) is 0 Å². The molecule has 0 aliphatic carbocycles. The minimum absolute atomic E-state index is 0.316. The SMILES string of the molecule is CCCCCC/C(Cl)=N/O. The number of nitrogens with zero attached hydrogens (tertiary/aromatic N) is 1. The van der Waals surface area contributed by atoms with Crippen molar-refractivity contribution < 1.29 is 5.21 Å². The molecule has 1 N–H and O–H groups in total. The van der Waals surface area contributed by atoms with Gasteiger partial charge in [0.05, 0.1) is 0 Å². The molecule has 0 amide bonds. The fraction of sp³-hybridized carbons (Fsp3) is 0.857. The van der Waals surface area contributed by atoms with E-state index in [0.29, 0.717) is 11.6 Å². The molecule has 0 atom stereocenters. The van der Waals surface area contributed by atoms with Gasteiger partial charge in [0.1, 0.15) is 5.17 Å². The first kappa shape index (κ1) is 9.76. The van der Waals surface area contributed by atoms with Crippen LogP contribution in [0, 0.1) is 0 Å². The molecule has 0 heterocycles. The molecule has 0 aromatic carbocycles. The molecule has 0 radical (unpaired) electrons. The Morgan fingerprint density at radius 2 is 2.10 bits per heavy atom. The molecule has 0 aliphatic rings. The molecule has 0 saturated heterocycles. The summed E-state index contributed by atoms with van der Waals surface area (Å²) in [4.78, 5) is 0. The number of unbranched alkanes of at least 4 members (excludes halogenated alkanes) is 3. The smallest absolute Gasteiger partial charge is 0.145 e. The van der Waals surface area contributed by atoms with E-state index in [9.17, 15) is 0 Å². The van der Waals surface area contributed by atoms with Gasteiger partial charge in [-0.1, -0.05) is 42.9 Å². The third-order valence-corrected chi connectivity index (χ3v) is 1.61. The zero-order chi connectivity index (χ0) is 7.82. The molecule has 0 saturated carbocycles. The van der Waals surface area contributed by atoms with Crippen LogP contribution in [0.4, 0.5) is 0 Å². The number of oxime groups is 1. The van der Waals surface area contributed by atoms with Crippen LogP contribution in [0.5, 0.6) is 0 Å². The Morgan fingerprint density at radius 3 is 2.60 bits per heavy atom. The first-order chi connectivity index (χ1) is 4.81. The molecule has 0 aromatic heterocycles. The second-order valence-electron chi connectivity index (χ2n) is 2.29. The van der Waals surface area contributed by atoms with Crippen LogP contribution >= 0.6 is 11.6 Å². The summed E-state index contributed by atoms with van der Waals surface area (Å²) in [6.45, 7) is 2.15. The summed E-state index contributed by atoms with van der Waals surface area (Å²) in [5.41, 5.74) is 0. The molecule has 0 rings (SSSR count). The van der Waals surface area contributed by atoms with Crippen molar-refractivity contribution in [2.75, 3.05) is 0 Å². The lowest BCUT2D eigenvalue weighted by molar-refractivity contribution is 0.319. The highest BCUT2D eigenvalue weighted by molar-refractivity contribution is 6.65. The highest BCUT2D eigenvalue weighted by Gasteiger charge is 1.93. The van der Waals surface area contributed by atoms with Gasteiger partial charge in [-0.05, 0) is 6.42 Å². The fourth-order valence-electron chi connectivity index (χ4n) is 0.748. The number of hydrogen-bond donors (Lipinski definition) is 1. The van der Waals surface area contributed by atoms with Crippen LogP contribution in [0.3, 0.4) is 0 Å². The van der Waals surface area contributed by atoms with Crippen molar-refractivity contribution in [3.63, 3.8) is 0 Å². The van der Waals surface area contributed by atoms with Crippen molar-refractivity contribution >= 4 is 16.8 Å². The average Bonchev–Trinajstić information content (AvgIpc) is 1.98. The molecule has 0 fully saturated rings. The van der Waals surface area contributed by atoms with E-state index in [1.54, 1.807) is 0 Å². The first-order valence-corrected chi connectivity index (χ1v) is 4.05. The van der Waals surface area contributed by atoms with Gasteiger partial charge in [-0.2, -0.15) is 0 Å². The van der Waals surface area contributed by atoms with Crippen molar-refractivity contribution in [1.29, 1.82) is 0 Å². The maximum atomic E-state index is 8.15. The molecule has 0 aliphatic heterocycles. The Hall–Kier alpha value is -0.240. The quantitative estimate of drug-likeness (QED) is 0.287. The average molecular weight is 164 g/mol. The van der Waals surface area contributed by atoms with E-state index in [1.165, 1.54) is 19.3 Å². The highest BCUT2D eigenvalue weighted by atomic mass is 35.5. The Bertz CT molecular complexity index is 104. The molecular weight excluding hydrogens is 150 g/mol. The zero-order valence-electron chi connectivity index (χ0n) is 6.31. The van der Waals surface area contributed by atoms with Crippen molar-refractivity contribution in [2.24, 2.45) is 5.16 Å². The Kier molecular flexibility index (Phi) is 6.71. The second-order valence-corrected chi connectivity index (χ2v) is 2.72. The molecule has 0 spiro atoms. The largest absolute Gasteiger partial charge is 0.410 e. The van der Waals surface area contributed by atoms with Crippen LogP contribution in [-0.4, -0.2) is 10.4 Å². The van der Waals surface area contributed by atoms with Crippen LogP contribution in [0.25, 0.3) is 0 Å². The van der Waals surface area contributed by atoms with Gasteiger partial charge in [0.15, 0.2) is 0 Å². The molecule has 60 valence electrons. The summed E-state index contributed by atoms with van der Waals surface area (Å²) < 4.78 is 0. The third-order valence-electron chi connectivity index (χ3n) is 1.35. The van der Waals surface area contributed by atoms with E-state index in [-0.39, 0.29) is 0 Å². The lowest BCUT2D eigenvalue weighted by atomic mass is 10.2. The summed E-state index contributed by atoms with van der Waals surface area (Å²) >= 11 is 5.44. The summed E-state index contributed by atoms with van der Waals surface area (Å²) in [5, 5.41) is 11.3. The summed E-state index contributed by atoms with van der Waals surface area (Å²) in [7, 11) is 0. The van der Waals surface area contributed by atoms with Crippen LogP contribution in [0.15, 0.2) is 5.16 Å². The molecule has 2 nitrogen and oxygen atoms in total. The molecule has 0 unspecified atom stereocenters. The van der Waals surface area contributed by atoms with Crippen LogP contribution in [-0.2, 0) is 0 Å². The summed E-state index contributed by atoms with van der Waals surface area (Å²) in [5.74, 6) is 0. The Balaban J connectivity index is 3.04. The molecular formula is C7H14ClNO. The van der Waals surface area contributed by atoms with Gasteiger partial charge < -0.3 is 5.21 Å². The highest BCUT2D eigenvalue weighted by Crippen LogP contribution is 2.04. The second kappa shape index (κ2) is 6.87. The first-order valence-electron chi connectivity index (χ1n) is 3.67. The monoisotopic (exact) mass is 163 g/mol. The predicted molar refractivity (Wildman–Crippen MR) is 43.8 cm³/mol. The Morgan fingerprint density at radius 1 is 1.40 bits per heavy atom. The normalized spacial score (nSPS) is 12.0. The van der Waals surface area contributed by atoms with Gasteiger partial charge in [-0.3, -0.25) is 0 Å². The molecule has 0 aromatic rings. The minimum Gasteiger partial charge on any atom is -0.410 e.